The van der Waals surface area contributed by atoms with Gasteiger partial charge in [-0.15, -0.1) is 10.2 Å². The molecule has 0 saturated heterocycles. The van der Waals surface area contributed by atoms with Gasteiger partial charge < -0.3 is 11.1 Å². The van der Waals surface area contributed by atoms with Crippen LogP contribution >= 0.6 is 0 Å². The van der Waals surface area contributed by atoms with E-state index in [9.17, 15) is 0 Å². The van der Waals surface area contributed by atoms with Crippen molar-refractivity contribution in [1.29, 1.82) is 0 Å². The molecule has 1 atom stereocenters. The normalized spacial score (nSPS) is 12.8. The zero-order valence-corrected chi connectivity index (χ0v) is 9.82. The van der Waals surface area contributed by atoms with E-state index < -0.39 is 0 Å². The zero-order valence-electron chi connectivity index (χ0n) is 9.82. The molecule has 0 saturated carbocycles. The average molecular weight is 211 g/mol. The summed E-state index contributed by atoms with van der Waals surface area (Å²) in [5, 5.41) is 11.4. The fourth-order valence-electron chi connectivity index (χ4n) is 1.63. The van der Waals surface area contributed by atoms with Gasteiger partial charge in [-0.25, -0.2) is 0 Å². The second-order valence-electron chi connectivity index (χ2n) is 3.55. The molecule has 5 heteroatoms. The lowest BCUT2D eigenvalue weighted by Gasteiger charge is -2.12. The van der Waals surface area contributed by atoms with Crippen molar-refractivity contribution in [1.82, 2.24) is 14.8 Å². The zero-order chi connectivity index (χ0) is 11.3. The van der Waals surface area contributed by atoms with Crippen molar-refractivity contribution in [2.45, 2.75) is 46.2 Å². The molecule has 0 amide bonds. The van der Waals surface area contributed by atoms with Gasteiger partial charge in [0.05, 0.1) is 6.04 Å². The molecule has 0 bridgehead atoms. The van der Waals surface area contributed by atoms with E-state index in [2.05, 4.69) is 29.4 Å². The van der Waals surface area contributed by atoms with E-state index in [-0.39, 0.29) is 6.04 Å². The van der Waals surface area contributed by atoms with E-state index in [1.165, 1.54) is 0 Å². The lowest BCUT2D eigenvalue weighted by Crippen LogP contribution is -2.17. The first-order valence-electron chi connectivity index (χ1n) is 5.67. The van der Waals surface area contributed by atoms with Gasteiger partial charge in [0.25, 0.3) is 0 Å². The highest BCUT2D eigenvalue weighted by Gasteiger charge is 2.15. The van der Waals surface area contributed by atoms with E-state index in [4.69, 9.17) is 5.73 Å². The molecule has 0 radical (unpaired) electrons. The van der Waals surface area contributed by atoms with Gasteiger partial charge in [0.1, 0.15) is 0 Å². The van der Waals surface area contributed by atoms with Crippen LogP contribution in [0.25, 0.3) is 0 Å². The van der Waals surface area contributed by atoms with Gasteiger partial charge in [-0.3, -0.25) is 4.57 Å². The number of rotatable bonds is 6. The number of nitrogens with one attached hydrogen (secondary N) is 1. The summed E-state index contributed by atoms with van der Waals surface area (Å²) >= 11 is 0. The van der Waals surface area contributed by atoms with Gasteiger partial charge >= 0.3 is 0 Å². The minimum absolute atomic E-state index is 0.00476. The van der Waals surface area contributed by atoms with Crippen molar-refractivity contribution in [3.8, 4) is 0 Å². The molecule has 1 aromatic rings. The van der Waals surface area contributed by atoms with Crippen molar-refractivity contribution >= 4 is 5.95 Å². The van der Waals surface area contributed by atoms with Crippen LogP contribution in [0.15, 0.2) is 0 Å². The summed E-state index contributed by atoms with van der Waals surface area (Å²) in [6.45, 7) is 7.94. The Balaban J connectivity index is 2.87. The van der Waals surface area contributed by atoms with Gasteiger partial charge in [-0.05, 0) is 20.3 Å². The van der Waals surface area contributed by atoms with Crippen LogP contribution in [-0.4, -0.2) is 21.3 Å². The Morgan fingerprint density at radius 3 is 2.60 bits per heavy atom. The molecular formula is C10H21N5. The van der Waals surface area contributed by atoms with E-state index in [0.717, 1.165) is 37.7 Å². The molecule has 3 N–H and O–H groups in total. The van der Waals surface area contributed by atoms with Gasteiger partial charge in [0.2, 0.25) is 5.95 Å². The van der Waals surface area contributed by atoms with Crippen LogP contribution < -0.4 is 11.1 Å². The Labute approximate surface area is 91.1 Å². The largest absolute Gasteiger partial charge is 0.355 e. The minimum atomic E-state index is -0.00476. The van der Waals surface area contributed by atoms with Crippen molar-refractivity contribution in [3.63, 3.8) is 0 Å². The van der Waals surface area contributed by atoms with Crippen molar-refractivity contribution in [3.05, 3.63) is 5.82 Å². The quantitative estimate of drug-likeness (QED) is 0.748. The van der Waals surface area contributed by atoms with Crippen LogP contribution in [0.1, 0.15) is 45.5 Å². The Hall–Kier alpha value is -1.10. The van der Waals surface area contributed by atoms with Crippen molar-refractivity contribution < 1.29 is 0 Å². The Kier molecular flexibility index (Phi) is 4.55. The predicted molar refractivity (Wildman–Crippen MR) is 61.7 cm³/mol. The Bertz CT molecular complexity index is 294. The maximum absolute atomic E-state index is 6.04. The summed E-state index contributed by atoms with van der Waals surface area (Å²) in [7, 11) is 0. The maximum atomic E-state index is 6.04. The molecule has 15 heavy (non-hydrogen) atoms. The minimum Gasteiger partial charge on any atom is -0.355 e. The molecule has 1 aromatic heterocycles. The van der Waals surface area contributed by atoms with Crippen LogP contribution in [0, 0.1) is 0 Å². The van der Waals surface area contributed by atoms with Crippen LogP contribution in [0.2, 0.25) is 0 Å². The average Bonchev–Trinajstić information content (AvgIpc) is 2.62. The fourth-order valence-corrected chi connectivity index (χ4v) is 1.63. The number of nitrogens with zero attached hydrogens (tertiary/aromatic N) is 3. The summed E-state index contributed by atoms with van der Waals surface area (Å²) in [6, 6.07) is -0.00476. The number of hydrogen-bond donors (Lipinski definition) is 2. The molecule has 0 aliphatic carbocycles. The fraction of sp³-hybridized carbons (Fsp3) is 0.800. The van der Waals surface area contributed by atoms with Gasteiger partial charge in [0.15, 0.2) is 5.82 Å². The van der Waals surface area contributed by atoms with Crippen LogP contribution in [0.5, 0.6) is 0 Å². The number of nitrogens with two attached hydrogens (primary N) is 1. The molecule has 5 nitrogen and oxygen atoms in total. The Morgan fingerprint density at radius 1 is 1.33 bits per heavy atom. The summed E-state index contributed by atoms with van der Waals surface area (Å²) in [6.07, 6.45) is 2.01. The summed E-state index contributed by atoms with van der Waals surface area (Å²) < 4.78 is 2.05. The first kappa shape index (κ1) is 12.0. The highest BCUT2D eigenvalue weighted by Crippen LogP contribution is 2.17. The van der Waals surface area contributed by atoms with Crippen LogP contribution in [-0.2, 0) is 6.54 Å². The summed E-state index contributed by atoms with van der Waals surface area (Å²) in [5.74, 6) is 1.71. The molecule has 1 rings (SSSR count). The first-order valence-corrected chi connectivity index (χ1v) is 5.67. The molecule has 0 aliphatic heterocycles. The Morgan fingerprint density at radius 2 is 2.07 bits per heavy atom. The van der Waals surface area contributed by atoms with E-state index in [0.29, 0.717) is 0 Å². The van der Waals surface area contributed by atoms with Crippen LogP contribution in [0.3, 0.4) is 0 Å². The van der Waals surface area contributed by atoms with Crippen molar-refractivity contribution in [2.24, 2.45) is 5.73 Å². The standard InChI is InChI=1S/C10H21N5/c1-4-7-8(11)9-13-14-10(12-5-2)15(9)6-3/h8H,4-7,11H2,1-3H3,(H,12,14). The molecule has 86 valence electrons. The molecule has 0 spiro atoms. The second-order valence-corrected chi connectivity index (χ2v) is 3.55. The van der Waals surface area contributed by atoms with E-state index >= 15 is 0 Å². The molecule has 0 aromatic carbocycles. The molecule has 0 aliphatic rings. The monoisotopic (exact) mass is 211 g/mol. The van der Waals surface area contributed by atoms with E-state index in [1.54, 1.807) is 0 Å². The maximum Gasteiger partial charge on any atom is 0.224 e. The van der Waals surface area contributed by atoms with Crippen LogP contribution in [0.4, 0.5) is 5.95 Å². The lowest BCUT2D eigenvalue weighted by molar-refractivity contribution is 0.560. The molecular weight excluding hydrogens is 190 g/mol. The molecule has 0 fully saturated rings. The predicted octanol–water partition coefficient (Wildman–Crippen LogP) is 1.53. The number of aromatic nitrogens is 3. The number of hydrogen-bond acceptors (Lipinski definition) is 4. The lowest BCUT2D eigenvalue weighted by atomic mass is 10.2. The molecule has 1 unspecified atom stereocenters. The van der Waals surface area contributed by atoms with Crippen molar-refractivity contribution in [2.75, 3.05) is 11.9 Å². The summed E-state index contributed by atoms with van der Waals surface area (Å²) in [5.41, 5.74) is 6.04. The summed E-state index contributed by atoms with van der Waals surface area (Å²) in [4.78, 5) is 0. The smallest absolute Gasteiger partial charge is 0.224 e. The third-order valence-electron chi connectivity index (χ3n) is 2.36. The topological polar surface area (TPSA) is 68.8 Å². The van der Waals surface area contributed by atoms with E-state index in [1.807, 2.05) is 11.5 Å². The molecule has 1 heterocycles. The highest BCUT2D eigenvalue weighted by atomic mass is 15.4. The third kappa shape index (κ3) is 2.68. The number of anilines is 1. The SMILES string of the molecule is CCCC(N)c1nnc(NCC)n1CC. The second kappa shape index (κ2) is 5.70. The van der Waals surface area contributed by atoms with Gasteiger partial charge in [-0.1, -0.05) is 13.3 Å². The first-order chi connectivity index (χ1) is 7.24. The third-order valence-corrected chi connectivity index (χ3v) is 2.36. The van der Waals surface area contributed by atoms with Gasteiger partial charge in [0, 0.05) is 13.1 Å². The highest BCUT2D eigenvalue weighted by molar-refractivity contribution is 5.26. The van der Waals surface area contributed by atoms with Gasteiger partial charge in [-0.2, -0.15) is 0 Å².